The van der Waals surface area contributed by atoms with Crippen LogP contribution >= 0.6 is 11.3 Å². The molecule has 1 amide bonds. The summed E-state index contributed by atoms with van der Waals surface area (Å²) in [5.74, 6) is -0.0641. The van der Waals surface area contributed by atoms with Crippen molar-refractivity contribution in [1.29, 1.82) is 0 Å². The van der Waals surface area contributed by atoms with Crippen LogP contribution in [0.1, 0.15) is 35.9 Å². The third-order valence-corrected chi connectivity index (χ3v) is 4.65. The molecular formula is C14H24N4OS. The summed E-state index contributed by atoms with van der Waals surface area (Å²) in [6.07, 6.45) is 3.19. The van der Waals surface area contributed by atoms with E-state index in [4.69, 9.17) is 5.73 Å². The van der Waals surface area contributed by atoms with Gasteiger partial charge in [-0.3, -0.25) is 4.79 Å². The van der Waals surface area contributed by atoms with E-state index in [0.717, 1.165) is 37.4 Å². The topological polar surface area (TPSA) is 70.4 Å². The minimum Gasteiger partial charge on any atom is -0.397 e. The number of carbonyl (C=O) groups excluding carboxylic acids is 1. The molecule has 4 N–H and O–H groups in total. The molecule has 1 aliphatic heterocycles. The lowest BCUT2D eigenvalue weighted by Crippen LogP contribution is -2.36. The van der Waals surface area contributed by atoms with Crippen molar-refractivity contribution in [2.24, 2.45) is 0 Å². The maximum Gasteiger partial charge on any atom is 0.263 e. The van der Waals surface area contributed by atoms with Crippen molar-refractivity contribution >= 4 is 27.9 Å². The largest absolute Gasteiger partial charge is 0.397 e. The number of piperidine rings is 1. The fourth-order valence-corrected chi connectivity index (χ4v) is 3.30. The Bertz CT molecular complexity index is 452. The van der Waals surface area contributed by atoms with Gasteiger partial charge >= 0.3 is 0 Å². The second kappa shape index (κ2) is 6.95. The molecule has 0 aromatic carbocycles. The summed E-state index contributed by atoms with van der Waals surface area (Å²) in [6, 6.07) is 2.36. The molecule has 1 aromatic heterocycles. The zero-order valence-corrected chi connectivity index (χ0v) is 13.1. The van der Waals surface area contributed by atoms with Gasteiger partial charge in [0.15, 0.2) is 0 Å². The van der Waals surface area contributed by atoms with Crippen molar-refractivity contribution in [3.8, 4) is 0 Å². The number of nitrogens with one attached hydrogen (secondary N) is 2. The van der Waals surface area contributed by atoms with Crippen molar-refractivity contribution in [3.63, 3.8) is 0 Å². The van der Waals surface area contributed by atoms with Gasteiger partial charge in [-0.1, -0.05) is 6.92 Å². The van der Waals surface area contributed by atoms with Crippen molar-refractivity contribution in [2.75, 3.05) is 37.7 Å². The summed E-state index contributed by atoms with van der Waals surface area (Å²) >= 11 is 1.45. The minimum atomic E-state index is -0.0641. The third kappa shape index (κ3) is 3.86. The van der Waals surface area contributed by atoms with Crippen LogP contribution in [0.25, 0.3) is 0 Å². The molecule has 1 aromatic rings. The molecule has 112 valence electrons. The molecule has 6 heteroatoms. The predicted molar refractivity (Wildman–Crippen MR) is 85.5 cm³/mol. The maximum absolute atomic E-state index is 12.0. The average molecular weight is 296 g/mol. The summed E-state index contributed by atoms with van der Waals surface area (Å²) in [7, 11) is 2.15. The Morgan fingerprint density at radius 1 is 1.50 bits per heavy atom. The molecule has 5 nitrogen and oxygen atoms in total. The smallest absolute Gasteiger partial charge is 0.263 e. The first-order valence-electron chi connectivity index (χ1n) is 7.22. The van der Waals surface area contributed by atoms with E-state index in [-0.39, 0.29) is 5.91 Å². The number of hydrogen-bond acceptors (Lipinski definition) is 5. The number of thiophene rings is 1. The average Bonchev–Trinajstić information content (AvgIpc) is 2.79. The van der Waals surface area contributed by atoms with Gasteiger partial charge in [-0.15, -0.1) is 11.3 Å². The highest BCUT2D eigenvalue weighted by Crippen LogP contribution is 2.30. The number of hydrogen-bond donors (Lipinski definition) is 3. The van der Waals surface area contributed by atoms with Gasteiger partial charge in [-0.25, -0.2) is 0 Å². The normalized spacial score (nSPS) is 17.1. The predicted octanol–water partition coefficient (Wildman–Crippen LogP) is 1.98. The van der Waals surface area contributed by atoms with E-state index in [2.05, 4.69) is 22.6 Å². The highest BCUT2D eigenvalue weighted by molar-refractivity contribution is 7.18. The van der Waals surface area contributed by atoms with E-state index < -0.39 is 0 Å². The van der Waals surface area contributed by atoms with E-state index >= 15 is 0 Å². The molecule has 0 spiro atoms. The molecule has 0 radical (unpaired) electrons. The number of likely N-dealkylation sites (tertiary alicyclic amines) is 1. The fraction of sp³-hybridized carbons (Fsp3) is 0.643. The summed E-state index contributed by atoms with van der Waals surface area (Å²) < 4.78 is 0. The van der Waals surface area contributed by atoms with Gasteiger partial charge in [0.1, 0.15) is 4.88 Å². The number of nitrogens with two attached hydrogens (primary N) is 1. The van der Waals surface area contributed by atoms with Gasteiger partial charge < -0.3 is 21.3 Å². The van der Waals surface area contributed by atoms with E-state index in [0.29, 0.717) is 23.2 Å². The standard InChI is InChI=1S/C14H24N4OS/c1-3-6-16-14(19)13-11(15)9-12(20-13)17-10-4-7-18(2)8-5-10/h9-10,17H,3-8,15H2,1-2H3,(H,16,19). The van der Waals surface area contributed by atoms with Crippen LogP contribution in [-0.2, 0) is 0 Å². The molecule has 0 bridgehead atoms. The summed E-state index contributed by atoms with van der Waals surface area (Å²) in [5.41, 5.74) is 6.51. The Balaban J connectivity index is 1.94. The van der Waals surface area contributed by atoms with E-state index in [1.807, 2.05) is 13.0 Å². The summed E-state index contributed by atoms with van der Waals surface area (Å²) in [4.78, 5) is 14.9. The Morgan fingerprint density at radius 2 is 2.20 bits per heavy atom. The first kappa shape index (κ1) is 15.1. The van der Waals surface area contributed by atoms with Crippen LogP contribution in [0.2, 0.25) is 0 Å². The first-order valence-corrected chi connectivity index (χ1v) is 8.04. The highest BCUT2D eigenvalue weighted by Gasteiger charge is 2.19. The lowest BCUT2D eigenvalue weighted by atomic mass is 10.1. The van der Waals surface area contributed by atoms with Gasteiger partial charge in [-0.2, -0.15) is 0 Å². The Morgan fingerprint density at radius 3 is 2.85 bits per heavy atom. The molecule has 1 saturated heterocycles. The molecule has 2 rings (SSSR count). The van der Waals surface area contributed by atoms with Crippen LogP contribution in [0, 0.1) is 0 Å². The molecule has 1 aliphatic rings. The molecule has 0 unspecified atom stereocenters. The SMILES string of the molecule is CCCNC(=O)c1sc(NC2CCN(C)CC2)cc1N. The van der Waals surface area contributed by atoms with Crippen molar-refractivity contribution < 1.29 is 4.79 Å². The van der Waals surface area contributed by atoms with Gasteiger partial charge in [0.2, 0.25) is 0 Å². The van der Waals surface area contributed by atoms with Gasteiger partial charge in [0, 0.05) is 12.6 Å². The lowest BCUT2D eigenvalue weighted by molar-refractivity contribution is 0.0958. The van der Waals surface area contributed by atoms with Crippen LogP contribution in [0.4, 0.5) is 10.7 Å². The Hall–Kier alpha value is -1.27. The number of rotatable bonds is 5. The van der Waals surface area contributed by atoms with E-state index in [1.165, 1.54) is 11.3 Å². The summed E-state index contributed by atoms with van der Waals surface area (Å²) in [6.45, 7) is 4.95. The molecule has 0 saturated carbocycles. The quantitative estimate of drug-likeness (QED) is 0.777. The lowest BCUT2D eigenvalue weighted by Gasteiger charge is -2.29. The minimum absolute atomic E-state index is 0.0641. The van der Waals surface area contributed by atoms with Gasteiger partial charge in [0.25, 0.3) is 5.91 Å². The van der Waals surface area contributed by atoms with Crippen LogP contribution in [0.15, 0.2) is 6.07 Å². The van der Waals surface area contributed by atoms with Crippen LogP contribution in [0.5, 0.6) is 0 Å². The van der Waals surface area contributed by atoms with Crippen LogP contribution < -0.4 is 16.4 Å². The molecule has 20 heavy (non-hydrogen) atoms. The Labute approximate surface area is 124 Å². The molecule has 0 atom stereocenters. The number of nitrogen functional groups attached to an aromatic ring is 1. The highest BCUT2D eigenvalue weighted by atomic mass is 32.1. The number of nitrogens with zero attached hydrogens (tertiary/aromatic N) is 1. The van der Waals surface area contributed by atoms with E-state index in [1.54, 1.807) is 0 Å². The molecule has 1 fully saturated rings. The van der Waals surface area contributed by atoms with Gasteiger partial charge in [-0.05, 0) is 45.5 Å². The number of amides is 1. The molecule has 2 heterocycles. The summed E-state index contributed by atoms with van der Waals surface area (Å²) in [5, 5.41) is 7.37. The second-order valence-corrected chi connectivity index (χ2v) is 6.43. The van der Waals surface area contributed by atoms with Crippen LogP contribution in [0.3, 0.4) is 0 Å². The number of carbonyl (C=O) groups is 1. The third-order valence-electron chi connectivity index (χ3n) is 3.57. The second-order valence-electron chi connectivity index (χ2n) is 5.37. The molecular weight excluding hydrogens is 272 g/mol. The number of anilines is 2. The fourth-order valence-electron chi connectivity index (χ4n) is 2.33. The monoisotopic (exact) mass is 296 g/mol. The maximum atomic E-state index is 12.0. The zero-order valence-electron chi connectivity index (χ0n) is 12.2. The molecule has 0 aliphatic carbocycles. The first-order chi connectivity index (χ1) is 9.60. The van der Waals surface area contributed by atoms with Crippen molar-refractivity contribution in [3.05, 3.63) is 10.9 Å². The van der Waals surface area contributed by atoms with Crippen molar-refractivity contribution in [2.45, 2.75) is 32.2 Å². The van der Waals surface area contributed by atoms with Crippen molar-refractivity contribution in [1.82, 2.24) is 10.2 Å². The zero-order chi connectivity index (χ0) is 14.5. The van der Waals surface area contributed by atoms with E-state index in [9.17, 15) is 4.79 Å². The van der Waals surface area contributed by atoms with Gasteiger partial charge in [0.05, 0.1) is 10.7 Å². The van der Waals surface area contributed by atoms with Crippen LogP contribution in [-0.4, -0.2) is 43.5 Å². The Kier molecular flexibility index (Phi) is 5.25.